The number of benzene rings is 3. The number of unbranched alkanes of at least 4 members (excludes halogenated alkanes) is 1. The number of phenolic OH excluding ortho intramolecular Hbond substituents is 1. The molecule has 0 aliphatic heterocycles. The van der Waals surface area contributed by atoms with Crippen molar-refractivity contribution in [3.63, 3.8) is 0 Å². The van der Waals surface area contributed by atoms with Crippen molar-refractivity contribution >= 4 is 46.1 Å². The molecule has 0 fully saturated rings. The number of hydrogen-bond acceptors (Lipinski definition) is 6. The number of rotatable bonds is 12. The molecule has 0 aromatic heterocycles. The first-order valence-electron chi connectivity index (χ1n) is 13.9. The lowest BCUT2D eigenvalue weighted by Gasteiger charge is -2.34. The van der Waals surface area contributed by atoms with Crippen LogP contribution in [0.15, 0.2) is 66.7 Å². The molecule has 2 atom stereocenters. The Morgan fingerprint density at radius 1 is 1.00 bits per heavy atom. The van der Waals surface area contributed by atoms with Crippen LogP contribution in [0.2, 0.25) is 0 Å². The van der Waals surface area contributed by atoms with Crippen molar-refractivity contribution in [2.45, 2.75) is 64.6 Å². The van der Waals surface area contributed by atoms with Crippen molar-refractivity contribution < 1.29 is 24.2 Å². The van der Waals surface area contributed by atoms with Crippen LogP contribution in [0, 0.1) is 0 Å². The van der Waals surface area contributed by atoms with Crippen molar-refractivity contribution in [2.24, 2.45) is 0 Å². The number of thioether (sulfide) groups is 1. The van der Waals surface area contributed by atoms with Gasteiger partial charge in [0.15, 0.2) is 0 Å². The van der Waals surface area contributed by atoms with Crippen LogP contribution in [-0.2, 0) is 14.3 Å². The maximum atomic E-state index is 14.2. The summed E-state index contributed by atoms with van der Waals surface area (Å²) >= 11 is 1.56. The molecule has 3 aromatic carbocycles. The zero-order valence-corrected chi connectivity index (χ0v) is 25.3. The van der Waals surface area contributed by atoms with E-state index in [1.807, 2.05) is 55.6 Å². The third-order valence-electron chi connectivity index (χ3n) is 6.42. The average molecular weight is 580 g/mol. The van der Waals surface area contributed by atoms with Crippen molar-refractivity contribution in [3.8, 4) is 5.75 Å². The Morgan fingerprint density at radius 2 is 1.68 bits per heavy atom. The summed E-state index contributed by atoms with van der Waals surface area (Å²) in [7, 11) is 0. The van der Waals surface area contributed by atoms with Gasteiger partial charge in [0.05, 0.1) is 0 Å². The minimum Gasteiger partial charge on any atom is -0.508 e. The van der Waals surface area contributed by atoms with Crippen molar-refractivity contribution in [1.29, 1.82) is 0 Å². The summed E-state index contributed by atoms with van der Waals surface area (Å²) in [5.41, 5.74) is 0.422. The van der Waals surface area contributed by atoms with E-state index in [0.29, 0.717) is 36.4 Å². The lowest BCUT2D eigenvalue weighted by atomic mass is 10.0. The molecule has 0 aliphatic carbocycles. The van der Waals surface area contributed by atoms with Gasteiger partial charge in [-0.3, -0.25) is 9.59 Å². The highest BCUT2D eigenvalue weighted by Gasteiger charge is 2.36. The van der Waals surface area contributed by atoms with E-state index in [1.165, 1.54) is 17.0 Å². The van der Waals surface area contributed by atoms with E-state index in [1.54, 1.807) is 44.7 Å². The summed E-state index contributed by atoms with van der Waals surface area (Å²) < 4.78 is 5.44. The number of fused-ring (bicyclic) bond motifs is 1. The van der Waals surface area contributed by atoms with Crippen molar-refractivity contribution in [1.82, 2.24) is 10.2 Å². The van der Waals surface area contributed by atoms with Gasteiger partial charge in [-0.25, -0.2) is 4.79 Å². The van der Waals surface area contributed by atoms with Gasteiger partial charge in [-0.2, -0.15) is 11.8 Å². The first-order valence-corrected chi connectivity index (χ1v) is 15.3. The van der Waals surface area contributed by atoms with Crippen LogP contribution >= 0.6 is 11.8 Å². The quantitative estimate of drug-likeness (QED) is 0.226. The number of amides is 3. The molecule has 3 amide bonds. The van der Waals surface area contributed by atoms with Crippen LogP contribution in [0.1, 0.15) is 58.6 Å². The Morgan fingerprint density at radius 3 is 2.32 bits per heavy atom. The SMILES string of the molecule is CCCCN(C(=O)C(CCSC)NC(=O)OC(C)(C)C)C(C(=O)Nc1ccc2ccccc2c1)c1ccc(O)cc1. The zero-order valence-electron chi connectivity index (χ0n) is 24.5. The number of carbonyl (C=O) groups is 3. The Bertz CT molecular complexity index is 1320. The van der Waals surface area contributed by atoms with E-state index >= 15 is 0 Å². The summed E-state index contributed by atoms with van der Waals surface area (Å²) in [6.45, 7) is 7.60. The molecule has 0 heterocycles. The Hall–Kier alpha value is -3.72. The molecule has 41 heavy (non-hydrogen) atoms. The first-order chi connectivity index (χ1) is 19.5. The smallest absolute Gasteiger partial charge is 0.408 e. The zero-order chi connectivity index (χ0) is 30.0. The molecule has 0 spiro atoms. The number of nitrogens with zero attached hydrogens (tertiary/aromatic N) is 1. The van der Waals surface area contributed by atoms with Gasteiger partial charge < -0.3 is 25.4 Å². The van der Waals surface area contributed by atoms with Crippen LogP contribution in [-0.4, -0.2) is 58.1 Å². The number of anilines is 1. The second-order valence-corrected chi connectivity index (χ2v) is 11.9. The van der Waals surface area contributed by atoms with Crippen LogP contribution in [0.25, 0.3) is 10.8 Å². The largest absolute Gasteiger partial charge is 0.508 e. The van der Waals surface area contributed by atoms with E-state index in [0.717, 1.165) is 17.2 Å². The summed E-state index contributed by atoms with van der Waals surface area (Å²) in [6.07, 6.45) is 3.07. The van der Waals surface area contributed by atoms with Gasteiger partial charge in [-0.15, -0.1) is 0 Å². The Labute approximate surface area is 246 Å². The highest BCUT2D eigenvalue weighted by atomic mass is 32.2. The minimum absolute atomic E-state index is 0.0540. The van der Waals surface area contributed by atoms with Crippen LogP contribution in [0.5, 0.6) is 5.75 Å². The lowest BCUT2D eigenvalue weighted by molar-refractivity contribution is -0.141. The van der Waals surface area contributed by atoms with Crippen LogP contribution in [0.4, 0.5) is 10.5 Å². The molecule has 0 saturated carbocycles. The number of aromatic hydroxyl groups is 1. The predicted octanol–water partition coefficient (Wildman–Crippen LogP) is 6.50. The maximum Gasteiger partial charge on any atom is 0.408 e. The standard InChI is InChI=1S/C32H41N3O5S/c1-6-7-19-35(30(38)27(18-20-41-5)34-31(39)40-32(2,3)4)28(23-13-16-26(36)17-14-23)29(37)33-25-15-12-22-10-8-9-11-24(22)21-25/h8-17,21,27-28,36H,6-7,18-20H2,1-5H3,(H,33,37)(H,34,39). The van der Waals surface area contributed by atoms with Crippen LogP contribution in [0.3, 0.4) is 0 Å². The molecule has 3 aromatic rings. The van der Waals surface area contributed by atoms with E-state index in [4.69, 9.17) is 4.74 Å². The van der Waals surface area contributed by atoms with Gasteiger partial charge in [0.25, 0.3) is 5.91 Å². The molecule has 0 radical (unpaired) electrons. The molecule has 9 heteroatoms. The van der Waals surface area contributed by atoms with Gasteiger partial charge in [-0.05, 0) is 86.2 Å². The third kappa shape index (κ3) is 9.42. The molecule has 3 N–H and O–H groups in total. The fourth-order valence-corrected chi connectivity index (χ4v) is 4.92. The highest BCUT2D eigenvalue weighted by Crippen LogP contribution is 2.28. The Balaban J connectivity index is 2.00. The highest BCUT2D eigenvalue weighted by molar-refractivity contribution is 7.98. The fourth-order valence-electron chi connectivity index (χ4n) is 4.45. The molecule has 220 valence electrons. The first kappa shape index (κ1) is 31.8. The maximum absolute atomic E-state index is 14.2. The van der Waals surface area contributed by atoms with Gasteiger partial charge in [-0.1, -0.05) is 55.8 Å². The molecule has 0 bridgehead atoms. The molecule has 8 nitrogen and oxygen atoms in total. The predicted molar refractivity (Wildman–Crippen MR) is 166 cm³/mol. The Kier molecular flexibility index (Phi) is 11.5. The number of alkyl carbamates (subject to hydrolysis) is 1. The average Bonchev–Trinajstić information content (AvgIpc) is 2.92. The van der Waals surface area contributed by atoms with Gasteiger partial charge >= 0.3 is 6.09 Å². The molecule has 0 saturated heterocycles. The van der Waals surface area contributed by atoms with E-state index in [-0.39, 0.29) is 11.7 Å². The number of phenols is 1. The topological polar surface area (TPSA) is 108 Å². The fraction of sp³-hybridized carbons (Fsp3) is 0.406. The second-order valence-electron chi connectivity index (χ2n) is 10.9. The van der Waals surface area contributed by atoms with E-state index < -0.39 is 29.7 Å². The third-order valence-corrected chi connectivity index (χ3v) is 7.07. The number of ether oxygens (including phenoxy) is 1. The lowest BCUT2D eigenvalue weighted by Crippen LogP contribution is -2.52. The summed E-state index contributed by atoms with van der Waals surface area (Å²) in [5, 5.41) is 17.7. The second kappa shape index (κ2) is 14.8. The monoisotopic (exact) mass is 579 g/mol. The molecular formula is C32H41N3O5S. The minimum atomic E-state index is -1.00. The molecular weight excluding hydrogens is 538 g/mol. The molecule has 0 aliphatic rings. The van der Waals surface area contributed by atoms with Gasteiger partial charge in [0.2, 0.25) is 5.91 Å². The molecule has 2 unspecified atom stereocenters. The number of nitrogens with one attached hydrogen (secondary N) is 2. The van der Waals surface area contributed by atoms with Crippen molar-refractivity contribution in [2.75, 3.05) is 23.9 Å². The van der Waals surface area contributed by atoms with Gasteiger partial charge in [0.1, 0.15) is 23.4 Å². The number of hydrogen-bond donors (Lipinski definition) is 3. The van der Waals surface area contributed by atoms with Gasteiger partial charge in [0, 0.05) is 12.2 Å². The van der Waals surface area contributed by atoms with E-state index in [2.05, 4.69) is 10.6 Å². The normalized spacial score (nSPS) is 12.8. The number of carbonyl (C=O) groups excluding carboxylic acids is 3. The summed E-state index contributed by atoms with van der Waals surface area (Å²) in [6, 6.07) is 17.9. The van der Waals surface area contributed by atoms with E-state index in [9.17, 15) is 19.5 Å². The van der Waals surface area contributed by atoms with Crippen molar-refractivity contribution in [3.05, 3.63) is 72.3 Å². The summed E-state index contributed by atoms with van der Waals surface area (Å²) in [4.78, 5) is 42.4. The summed E-state index contributed by atoms with van der Waals surface area (Å²) in [5.74, 6) is -0.0826. The van der Waals surface area contributed by atoms with Crippen LogP contribution < -0.4 is 10.6 Å². The molecule has 3 rings (SSSR count).